The third-order valence-electron chi connectivity index (χ3n) is 6.13. The van der Waals surface area contributed by atoms with Gasteiger partial charge in [0.2, 0.25) is 5.95 Å². The van der Waals surface area contributed by atoms with Crippen LogP contribution in [0, 0.1) is 5.82 Å². The van der Waals surface area contributed by atoms with Crippen molar-refractivity contribution in [2.24, 2.45) is 5.73 Å². The number of pyridine rings is 1. The van der Waals surface area contributed by atoms with Gasteiger partial charge in [0, 0.05) is 36.9 Å². The van der Waals surface area contributed by atoms with Gasteiger partial charge in [-0.25, -0.2) is 9.37 Å². The average Bonchev–Trinajstić information content (AvgIpc) is 3.51. The molecule has 3 aromatic heterocycles. The summed E-state index contributed by atoms with van der Waals surface area (Å²) in [4.78, 5) is 18.6. The predicted octanol–water partition coefficient (Wildman–Crippen LogP) is 4.51. The lowest BCUT2D eigenvalue weighted by Crippen LogP contribution is -2.26. The van der Waals surface area contributed by atoms with E-state index in [4.69, 9.17) is 10.7 Å². The van der Waals surface area contributed by atoms with Crippen LogP contribution in [-0.2, 0) is 6.54 Å². The van der Waals surface area contributed by atoms with E-state index in [1.165, 1.54) is 25.0 Å². The second-order valence-electron chi connectivity index (χ2n) is 8.93. The van der Waals surface area contributed by atoms with Crippen LogP contribution in [0.4, 0.5) is 16.2 Å². The number of rotatable bonds is 8. The zero-order chi connectivity index (χ0) is 23.5. The topological polar surface area (TPSA) is 107 Å². The molecule has 176 valence electrons. The van der Waals surface area contributed by atoms with Crippen LogP contribution in [0.15, 0.2) is 48.9 Å². The van der Waals surface area contributed by atoms with Gasteiger partial charge in [0.1, 0.15) is 5.82 Å². The molecular weight excluding hydrogens is 431 g/mol. The highest BCUT2D eigenvalue weighted by Crippen LogP contribution is 2.33. The number of nitrogens with two attached hydrogens (primary N) is 1. The molecule has 0 spiro atoms. The second kappa shape index (κ2) is 9.72. The van der Waals surface area contributed by atoms with Gasteiger partial charge in [0.15, 0.2) is 17.0 Å². The molecule has 0 saturated heterocycles. The lowest BCUT2D eigenvalue weighted by atomic mass is 10.1. The number of imidazole rings is 1. The normalized spacial score (nSPS) is 15.0. The van der Waals surface area contributed by atoms with E-state index >= 15 is 0 Å². The van der Waals surface area contributed by atoms with Gasteiger partial charge in [0.05, 0.1) is 12.0 Å². The van der Waals surface area contributed by atoms with Crippen LogP contribution in [0.1, 0.15) is 44.2 Å². The summed E-state index contributed by atoms with van der Waals surface area (Å²) in [5.74, 6) is 0.929. The molecule has 1 saturated carbocycles. The number of halogens is 1. The first-order chi connectivity index (χ1) is 16.6. The summed E-state index contributed by atoms with van der Waals surface area (Å²) in [6, 6.07) is 10.7. The molecule has 0 aliphatic heterocycles. The van der Waals surface area contributed by atoms with E-state index in [1.54, 1.807) is 12.3 Å². The Bertz CT molecular complexity index is 1260. The third-order valence-corrected chi connectivity index (χ3v) is 6.13. The molecule has 0 amide bonds. The minimum absolute atomic E-state index is 0.0156. The van der Waals surface area contributed by atoms with Crippen LogP contribution in [0.2, 0.25) is 0 Å². The van der Waals surface area contributed by atoms with Crippen molar-refractivity contribution in [3.63, 3.8) is 0 Å². The van der Waals surface area contributed by atoms with Gasteiger partial charge < -0.3 is 20.9 Å². The molecule has 9 heteroatoms. The molecule has 0 radical (unpaired) electrons. The summed E-state index contributed by atoms with van der Waals surface area (Å²) in [6.07, 6.45) is 8.42. The maximum atomic E-state index is 13.5. The van der Waals surface area contributed by atoms with Crippen LogP contribution in [-0.4, -0.2) is 37.1 Å². The molecule has 8 nitrogen and oxygen atoms in total. The van der Waals surface area contributed by atoms with Gasteiger partial charge in [-0.05, 0) is 43.5 Å². The molecule has 1 aromatic carbocycles. The number of fused-ring (bicyclic) bond motifs is 1. The Morgan fingerprint density at radius 3 is 2.71 bits per heavy atom. The van der Waals surface area contributed by atoms with Crippen molar-refractivity contribution < 1.29 is 4.39 Å². The number of hydrogen-bond donors (Lipinski definition) is 3. The molecular formula is C25H29FN8. The Hall–Kier alpha value is -3.59. The Morgan fingerprint density at radius 2 is 1.97 bits per heavy atom. The van der Waals surface area contributed by atoms with Gasteiger partial charge in [-0.15, -0.1) is 0 Å². The zero-order valence-electron chi connectivity index (χ0n) is 19.2. The van der Waals surface area contributed by atoms with Gasteiger partial charge >= 0.3 is 0 Å². The van der Waals surface area contributed by atoms with Gasteiger partial charge in [-0.3, -0.25) is 4.98 Å². The lowest BCUT2D eigenvalue weighted by molar-refractivity contribution is 0.529. The zero-order valence-corrected chi connectivity index (χ0v) is 19.2. The Kier molecular flexibility index (Phi) is 6.35. The monoisotopic (exact) mass is 460 g/mol. The Balaban J connectivity index is 1.38. The van der Waals surface area contributed by atoms with E-state index in [-0.39, 0.29) is 11.9 Å². The summed E-state index contributed by atoms with van der Waals surface area (Å²) in [5, 5.41) is 6.65. The van der Waals surface area contributed by atoms with Crippen molar-refractivity contribution in [3.8, 4) is 11.3 Å². The fraction of sp³-hybridized carbons (Fsp3) is 0.360. The molecule has 1 aliphatic rings. The van der Waals surface area contributed by atoms with Gasteiger partial charge in [0.25, 0.3) is 0 Å². The van der Waals surface area contributed by atoms with Crippen LogP contribution in [0.5, 0.6) is 0 Å². The van der Waals surface area contributed by atoms with E-state index in [2.05, 4.69) is 30.2 Å². The lowest BCUT2D eigenvalue weighted by Gasteiger charge is -2.14. The molecule has 34 heavy (non-hydrogen) atoms. The summed E-state index contributed by atoms with van der Waals surface area (Å²) in [6.45, 7) is 3.04. The molecule has 3 heterocycles. The fourth-order valence-electron chi connectivity index (χ4n) is 4.35. The van der Waals surface area contributed by atoms with E-state index < -0.39 is 0 Å². The van der Waals surface area contributed by atoms with E-state index in [0.717, 1.165) is 40.8 Å². The molecule has 5 rings (SSSR count). The van der Waals surface area contributed by atoms with Gasteiger partial charge in [-0.1, -0.05) is 31.0 Å². The van der Waals surface area contributed by atoms with Crippen molar-refractivity contribution in [2.75, 3.05) is 17.2 Å². The Labute approximate surface area is 197 Å². The van der Waals surface area contributed by atoms with Gasteiger partial charge in [-0.2, -0.15) is 9.97 Å². The molecule has 1 aliphatic carbocycles. The van der Waals surface area contributed by atoms with Crippen LogP contribution >= 0.6 is 0 Å². The summed E-state index contributed by atoms with van der Waals surface area (Å²) in [5.41, 5.74) is 9.96. The standard InChI is InChI=1S/C25H29FN8/c1-16(27)12-30-25-32-23(22-24(33-25)34(15-31-22)20-7-2-3-8-20)29-14-17-9-10-21(28-13-17)18-5-4-6-19(26)11-18/h4-6,9-11,13,15-16,20H,2-3,7-8,12,14,27H2,1H3,(H2,29,30,32,33). The first-order valence-corrected chi connectivity index (χ1v) is 11.8. The molecule has 1 unspecified atom stereocenters. The van der Waals surface area contributed by atoms with E-state index in [9.17, 15) is 4.39 Å². The predicted molar refractivity (Wildman–Crippen MR) is 132 cm³/mol. The number of anilines is 2. The van der Waals surface area contributed by atoms with Crippen molar-refractivity contribution in [2.45, 2.75) is 51.2 Å². The second-order valence-corrected chi connectivity index (χ2v) is 8.93. The maximum Gasteiger partial charge on any atom is 0.226 e. The molecule has 4 aromatic rings. The average molecular weight is 461 g/mol. The molecule has 1 atom stereocenters. The summed E-state index contributed by atoms with van der Waals surface area (Å²) >= 11 is 0. The SMILES string of the molecule is CC(N)CNc1nc(NCc2ccc(-c3cccc(F)c3)nc2)c2ncn(C3CCCC3)c2n1. The minimum Gasteiger partial charge on any atom is -0.364 e. The number of nitrogens with zero attached hydrogens (tertiary/aromatic N) is 5. The Morgan fingerprint density at radius 1 is 1.12 bits per heavy atom. The highest BCUT2D eigenvalue weighted by atomic mass is 19.1. The molecule has 1 fully saturated rings. The smallest absolute Gasteiger partial charge is 0.226 e. The van der Waals surface area contributed by atoms with E-state index in [0.29, 0.717) is 30.9 Å². The third kappa shape index (κ3) is 4.84. The number of aromatic nitrogens is 5. The quantitative estimate of drug-likeness (QED) is 0.355. The highest BCUT2D eigenvalue weighted by Gasteiger charge is 2.22. The van der Waals surface area contributed by atoms with Crippen molar-refractivity contribution >= 4 is 22.9 Å². The minimum atomic E-state index is -0.275. The fourth-order valence-corrected chi connectivity index (χ4v) is 4.35. The van der Waals surface area contributed by atoms with Crippen molar-refractivity contribution in [1.29, 1.82) is 0 Å². The van der Waals surface area contributed by atoms with Crippen LogP contribution in [0.25, 0.3) is 22.4 Å². The summed E-state index contributed by atoms with van der Waals surface area (Å²) in [7, 11) is 0. The van der Waals surface area contributed by atoms with Crippen molar-refractivity contribution in [1.82, 2.24) is 24.5 Å². The number of hydrogen-bond acceptors (Lipinski definition) is 7. The van der Waals surface area contributed by atoms with E-state index in [1.807, 2.05) is 31.5 Å². The maximum absolute atomic E-state index is 13.5. The number of benzene rings is 1. The highest BCUT2D eigenvalue weighted by molar-refractivity contribution is 5.84. The van der Waals surface area contributed by atoms with Crippen LogP contribution < -0.4 is 16.4 Å². The number of nitrogens with one attached hydrogen (secondary N) is 2. The first-order valence-electron chi connectivity index (χ1n) is 11.8. The molecule has 0 bridgehead atoms. The largest absolute Gasteiger partial charge is 0.364 e. The molecule has 4 N–H and O–H groups in total. The van der Waals surface area contributed by atoms with Crippen molar-refractivity contribution in [3.05, 3.63) is 60.3 Å². The summed E-state index contributed by atoms with van der Waals surface area (Å²) < 4.78 is 15.7. The van der Waals surface area contributed by atoms with Crippen LogP contribution in [0.3, 0.4) is 0 Å². The first kappa shape index (κ1) is 22.2.